The Labute approximate surface area is 121 Å². The summed E-state index contributed by atoms with van der Waals surface area (Å²) in [7, 11) is 2.00. The van der Waals surface area contributed by atoms with Crippen molar-refractivity contribution >= 4 is 11.8 Å². The highest BCUT2D eigenvalue weighted by molar-refractivity contribution is 8.00. The second-order valence-electron chi connectivity index (χ2n) is 5.56. The fourth-order valence-electron chi connectivity index (χ4n) is 2.79. The van der Waals surface area contributed by atoms with Crippen molar-refractivity contribution in [3.05, 3.63) is 12.4 Å². The molecule has 2 rings (SSSR count). The van der Waals surface area contributed by atoms with Crippen LogP contribution in [0.1, 0.15) is 51.9 Å². The second-order valence-corrected chi connectivity index (χ2v) is 6.87. The van der Waals surface area contributed by atoms with E-state index in [1.54, 1.807) is 0 Å². The van der Waals surface area contributed by atoms with E-state index in [0.29, 0.717) is 11.3 Å². The summed E-state index contributed by atoms with van der Waals surface area (Å²) >= 11 is 2.02. The highest BCUT2D eigenvalue weighted by Crippen LogP contribution is 2.32. The van der Waals surface area contributed by atoms with E-state index < -0.39 is 0 Å². The van der Waals surface area contributed by atoms with Gasteiger partial charge in [0.2, 0.25) is 0 Å². The molecule has 0 aliphatic heterocycles. The monoisotopic (exact) mass is 281 g/mol. The van der Waals surface area contributed by atoms with E-state index in [4.69, 9.17) is 0 Å². The minimum absolute atomic E-state index is 0.672. The van der Waals surface area contributed by atoms with E-state index >= 15 is 0 Å². The van der Waals surface area contributed by atoms with Gasteiger partial charge in [-0.15, -0.1) is 11.8 Å². The van der Waals surface area contributed by atoms with Crippen molar-refractivity contribution in [1.82, 2.24) is 15.1 Å². The van der Waals surface area contributed by atoms with Gasteiger partial charge < -0.3 is 5.32 Å². The zero-order valence-electron chi connectivity index (χ0n) is 12.3. The second kappa shape index (κ2) is 7.95. The predicted molar refractivity (Wildman–Crippen MR) is 82.6 cm³/mol. The lowest BCUT2D eigenvalue weighted by atomic mass is 9.96. The van der Waals surface area contributed by atoms with Crippen molar-refractivity contribution in [1.29, 1.82) is 0 Å². The lowest BCUT2D eigenvalue weighted by molar-refractivity contribution is 0.400. The Bertz CT molecular complexity index is 362. The van der Waals surface area contributed by atoms with Crippen molar-refractivity contribution in [2.75, 3.05) is 6.54 Å². The SMILES string of the molecule is CCCNC1CCCCCCC1Sc1cnn(C)c1. The number of rotatable bonds is 5. The molecule has 19 heavy (non-hydrogen) atoms. The first kappa shape index (κ1) is 14.9. The number of nitrogens with one attached hydrogen (secondary N) is 1. The average Bonchev–Trinajstić information content (AvgIpc) is 2.78. The molecule has 1 saturated carbocycles. The Hall–Kier alpha value is -0.480. The molecule has 1 N–H and O–H groups in total. The number of aromatic nitrogens is 2. The van der Waals surface area contributed by atoms with Gasteiger partial charge in [0.25, 0.3) is 0 Å². The molecular weight excluding hydrogens is 254 g/mol. The number of thioether (sulfide) groups is 1. The third-order valence-corrected chi connectivity index (χ3v) is 5.18. The molecule has 0 amide bonds. The number of hydrogen-bond donors (Lipinski definition) is 1. The molecule has 2 atom stereocenters. The first-order valence-electron chi connectivity index (χ1n) is 7.68. The van der Waals surface area contributed by atoms with Crippen LogP contribution in [-0.2, 0) is 7.05 Å². The summed E-state index contributed by atoms with van der Waals surface area (Å²) in [6, 6.07) is 0.672. The standard InChI is InChI=1S/C15H27N3S/c1-3-10-16-14-8-6-4-5-7-9-15(14)19-13-11-17-18(2)12-13/h11-12,14-16H,3-10H2,1-2H3. The van der Waals surface area contributed by atoms with Gasteiger partial charge in [-0.3, -0.25) is 4.68 Å². The Morgan fingerprint density at radius 3 is 2.79 bits per heavy atom. The van der Waals surface area contributed by atoms with Gasteiger partial charge in [0.15, 0.2) is 0 Å². The third-order valence-electron chi connectivity index (χ3n) is 3.83. The Balaban J connectivity index is 1.97. The zero-order valence-corrected chi connectivity index (χ0v) is 13.1. The molecule has 3 nitrogen and oxygen atoms in total. The van der Waals surface area contributed by atoms with E-state index in [1.165, 1.54) is 49.8 Å². The smallest absolute Gasteiger partial charge is 0.0625 e. The molecule has 108 valence electrons. The summed E-state index contributed by atoms with van der Waals surface area (Å²) in [5, 5.41) is 8.76. The van der Waals surface area contributed by atoms with Crippen LogP contribution in [0.5, 0.6) is 0 Å². The van der Waals surface area contributed by atoms with Gasteiger partial charge in [-0.05, 0) is 25.8 Å². The van der Waals surface area contributed by atoms with Crippen LogP contribution in [0.2, 0.25) is 0 Å². The molecule has 0 spiro atoms. The molecule has 0 saturated heterocycles. The van der Waals surface area contributed by atoms with Crippen LogP contribution < -0.4 is 5.32 Å². The van der Waals surface area contributed by atoms with Crippen LogP contribution in [0.15, 0.2) is 17.3 Å². The van der Waals surface area contributed by atoms with Crippen LogP contribution in [0, 0.1) is 0 Å². The van der Waals surface area contributed by atoms with E-state index in [-0.39, 0.29) is 0 Å². The molecule has 0 bridgehead atoms. The van der Waals surface area contributed by atoms with Gasteiger partial charge >= 0.3 is 0 Å². The zero-order chi connectivity index (χ0) is 13.5. The highest BCUT2D eigenvalue weighted by Gasteiger charge is 2.23. The van der Waals surface area contributed by atoms with Gasteiger partial charge in [-0.25, -0.2) is 0 Å². The Morgan fingerprint density at radius 2 is 2.11 bits per heavy atom. The number of nitrogens with zero attached hydrogens (tertiary/aromatic N) is 2. The van der Waals surface area contributed by atoms with Crippen molar-refractivity contribution in [2.45, 2.75) is 68.1 Å². The normalized spacial score (nSPS) is 24.9. The Morgan fingerprint density at radius 1 is 1.32 bits per heavy atom. The van der Waals surface area contributed by atoms with Gasteiger partial charge in [-0.2, -0.15) is 5.10 Å². The first-order chi connectivity index (χ1) is 9.29. The first-order valence-corrected chi connectivity index (χ1v) is 8.56. The minimum atomic E-state index is 0.672. The summed E-state index contributed by atoms with van der Waals surface area (Å²) in [5.41, 5.74) is 0. The highest BCUT2D eigenvalue weighted by atomic mass is 32.2. The van der Waals surface area contributed by atoms with Gasteiger partial charge in [-0.1, -0.05) is 32.6 Å². The van der Waals surface area contributed by atoms with E-state index in [2.05, 4.69) is 23.5 Å². The maximum atomic E-state index is 4.29. The predicted octanol–water partition coefficient (Wildman–Crippen LogP) is 3.60. The maximum Gasteiger partial charge on any atom is 0.0625 e. The number of aryl methyl sites for hydroxylation is 1. The van der Waals surface area contributed by atoms with Gasteiger partial charge in [0.05, 0.1) is 6.20 Å². The largest absolute Gasteiger partial charge is 0.313 e. The summed E-state index contributed by atoms with van der Waals surface area (Å²) in [4.78, 5) is 1.32. The molecule has 4 heteroatoms. The summed E-state index contributed by atoms with van der Waals surface area (Å²) < 4.78 is 1.90. The molecular formula is C15H27N3S. The molecule has 2 unspecified atom stereocenters. The van der Waals surface area contributed by atoms with Gasteiger partial charge in [0, 0.05) is 29.4 Å². The molecule has 1 fully saturated rings. The van der Waals surface area contributed by atoms with E-state index in [0.717, 1.165) is 6.54 Å². The molecule has 1 aliphatic rings. The van der Waals surface area contributed by atoms with Gasteiger partial charge in [0.1, 0.15) is 0 Å². The van der Waals surface area contributed by atoms with Crippen LogP contribution in [0.4, 0.5) is 0 Å². The maximum absolute atomic E-state index is 4.29. The lowest BCUT2D eigenvalue weighted by Gasteiger charge is -2.29. The van der Waals surface area contributed by atoms with Crippen molar-refractivity contribution in [2.24, 2.45) is 7.05 Å². The van der Waals surface area contributed by atoms with E-state index in [9.17, 15) is 0 Å². The third kappa shape index (κ3) is 4.84. The Kier molecular flexibility index (Phi) is 6.24. The minimum Gasteiger partial charge on any atom is -0.313 e. The molecule has 1 heterocycles. The average molecular weight is 281 g/mol. The molecule has 1 aromatic heterocycles. The van der Waals surface area contributed by atoms with Crippen LogP contribution in [0.25, 0.3) is 0 Å². The van der Waals surface area contributed by atoms with E-state index in [1.807, 2.05) is 29.7 Å². The topological polar surface area (TPSA) is 29.9 Å². The summed E-state index contributed by atoms with van der Waals surface area (Å²) in [6.45, 7) is 3.40. The fourth-order valence-corrected chi connectivity index (χ4v) is 4.14. The lowest BCUT2D eigenvalue weighted by Crippen LogP contribution is -2.39. The quantitative estimate of drug-likeness (QED) is 0.894. The molecule has 1 aromatic rings. The fraction of sp³-hybridized carbons (Fsp3) is 0.800. The summed E-state index contributed by atoms with van der Waals surface area (Å²) in [5.74, 6) is 0. The van der Waals surface area contributed by atoms with Crippen molar-refractivity contribution in [3.8, 4) is 0 Å². The number of hydrogen-bond acceptors (Lipinski definition) is 3. The van der Waals surface area contributed by atoms with Crippen molar-refractivity contribution < 1.29 is 0 Å². The van der Waals surface area contributed by atoms with Crippen LogP contribution in [0.3, 0.4) is 0 Å². The molecule has 1 aliphatic carbocycles. The molecule has 0 radical (unpaired) electrons. The van der Waals surface area contributed by atoms with Crippen molar-refractivity contribution in [3.63, 3.8) is 0 Å². The summed E-state index contributed by atoms with van der Waals surface area (Å²) in [6.07, 6.45) is 13.6. The van der Waals surface area contributed by atoms with Crippen LogP contribution >= 0.6 is 11.8 Å². The van der Waals surface area contributed by atoms with Crippen LogP contribution in [-0.4, -0.2) is 27.6 Å². The molecule has 0 aromatic carbocycles.